The van der Waals surface area contributed by atoms with Crippen molar-refractivity contribution in [1.29, 1.82) is 0 Å². The lowest BCUT2D eigenvalue weighted by molar-refractivity contribution is 0.326. The van der Waals surface area contributed by atoms with E-state index in [0.717, 1.165) is 35.0 Å². The van der Waals surface area contributed by atoms with Gasteiger partial charge in [-0.3, -0.25) is 4.79 Å². The van der Waals surface area contributed by atoms with Crippen LogP contribution in [0.4, 0.5) is 0 Å². The Bertz CT molecular complexity index is 1230. The number of hydrogen-bond donors (Lipinski definition) is 0. The summed E-state index contributed by atoms with van der Waals surface area (Å²) in [6.07, 6.45) is 5.14. The molecule has 0 aliphatic carbocycles. The normalized spacial score (nSPS) is 12.2. The van der Waals surface area contributed by atoms with E-state index >= 15 is 0 Å². The fourth-order valence-electron chi connectivity index (χ4n) is 3.71. The van der Waals surface area contributed by atoms with E-state index in [1.165, 1.54) is 5.56 Å². The predicted octanol–water partition coefficient (Wildman–Crippen LogP) is 3.03. The monoisotopic (exact) mass is 403 g/mol. The number of benzene rings is 1. The molecule has 0 radical (unpaired) electrons. The number of aromatic nitrogens is 5. The summed E-state index contributed by atoms with van der Waals surface area (Å²) in [4.78, 5) is 16.4. The molecule has 0 N–H and O–H groups in total. The maximum absolute atomic E-state index is 12.1. The van der Waals surface area contributed by atoms with E-state index in [1.807, 2.05) is 38.4 Å². The summed E-state index contributed by atoms with van der Waals surface area (Å²) >= 11 is 0. The minimum Gasteiger partial charge on any atom is -0.478 e. The number of hydrogen-bond acceptors (Lipinski definition) is 5. The zero-order valence-corrected chi connectivity index (χ0v) is 17.4. The lowest BCUT2D eigenvalue weighted by Gasteiger charge is -2.19. The number of rotatable bonds is 7. The van der Waals surface area contributed by atoms with Crippen LogP contribution in [0.3, 0.4) is 0 Å². The fourth-order valence-corrected chi connectivity index (χ4v) is 3.71. The highest BCUT2D eigenvalue weighted by Gasteiger charge is 2.16. The van der Waals surface area contributed by atoms with Gasteiger partial charge in [0.1, 0.15) is 5.52 Å². The first-order valence-corrected chi connectivity index (χ1v) is 10.1. The Balaban J connectivity index is 1.68. The topological polar surface area (TPSA) is 74.8 Å². The highest BCUT2D eigenvalue weighted by Crippen LogP contribution is 2.28. The maximum atomic E-state index is 12.1. The van der Waals surface area contributed by atoms with Crippen LogP contribution in [0.25, 0.3) is 11.0 Å². The summed E-state index contributed by atoms with van der Waals surface area (Å²) in [7, 11) is 3.65. The van der Waals surface area contributed by atoms with E-state index in [0.29, 0.717) is 12.5 Å². The molecule has 0 aliphatic heterocycles. The Hall–Kier alpha value is -3.48. The third-order valence-corrected chi connectivity index (χ3v) is 5.33. The highest BCUT2D eigenvalue weighted by molar-refractivity contribution is 5.74. The van der Waals surface area contributed by atoms with Crippen LogP contribution in [0.5, 0.6) is 5.88 Å². The van der Waals surface area contributed by atoms with E-state index in [2.05, 4.69) is 33.5 Å². The minimum absolute atomic E-state index is 0.00281. The van der Waals surface area contributed by atoms with Gasteiger partial charge in [0.2, 0.25) is 5.88 Å². The van der Waals surface area contributed by atoms with Crippen molar-refractivity contribution in [2.24, 2.45) is 14.1 Å². The van der Waals surface area contributed by atoms with Crippen LogP contribution in [0.2, 0.25) is 0 Å². The van der Waals surface area contributed by atoms with Gasteiger partial charge >= 0.3 is 0 Å². The lowest BCUT2D eigenvalue weighted by atomic mass is 9.87. The molecule has 4 rings (SSSR count). The summed E-state index contributed by atoms with van der Waals surface area (Å²) in [6, 6.07) is 14.0. The van der Waals surface area contributed by atoms with E-state index in [-0.39, 0.29) is 11.5 Å². The summed E-state index contributed by atoms with van der Waals surface area (Å²) in [5.41, 5.74) is 5.20. The minimum atomic E-state index is -0.00281. The average molecular weight is 403 g/mol. The van der Waals surface area contributed by atoms with Crippen molar-refractivity contribution < 1.29 is 4.74 Å². The molecule has 4 aromatic rings. The van der Waals surface area contributed by atoms with Crippen molar-refractivity contribution in [2.45, 2.75) is 25.7 Å². The largest absolute Gasteiger partial charge is 0.478 e. The molecule has 0 bridgehead atoms. The lowest BCUT2D eigenvalue weighted by Crippen LogP contribution is -2.16. The van der Waals surface area contributed by atoms with Crippen molar-refractivity contribution in [3.05, 3.63) is 81.9 Å². The maximum Gasteiger partial charge on any atom is 0.250 e. The van der Waals surface area contributed by atoms with Crippen LogP contribution in [0.1, 0.15) is 29.5 Å². The van der Waals surface area contributed by atoms with Crippen LogP contribution in [-0.4, -0.2) is 31.2 Å². The third-order valence-electron chi connectivity index (χ3n) is 5.33. The molecule has 7 nitrogen and oxygen atoms in total. The smallest absolute Gasteiger partial charge is 0.250 e. The molecule has 0 aliphatic rings. The first-order valence-electron chi connectivity index (χ1n) is 10.1. The molecule has 154 valence electrons. The third kappa shape index (κ3) is 4.25. The number of pyridine rings is 2. The van der Waals surface area contributed by atoms with Crippen LogP contribution in [0.15, 0.2) is 59.7 Å². The van der Waals surface area contributed by atoms with Crippen LogP contribution in [-0.2, 0) is 26.9 Å². The quantitative estimate of drug-likeness (QED) is 0.474. The van der Waals surface area contributed by atoms with Crippen molar-refractivity contribution in [2.75, 3.05) is 6.61 Å². The van der Waals surface area contributed by atoms with E-state index in [9.17, 15) is 4.79 Å². The van der Waals surface area contributed by atoms with Gasteiger partial charge in [0, 0.05) is 38.6 Å². The summed E-state index contributed by atoms with van der Waals surface area (Å²) in [5, 5.41) is 8.34. The Morgan fingerprint density at radius 1 is 1.03 bits per heavy atom. The van der Waals surface area contributed by atoms with Gasteiger partial charge in [-0.25, -0.2) is 9.67 Å². The molecule has 1 unspecified atom stereocenters. The van der Waals surface area contributed by atoms with Gasteiger partial charge < -0.3 is 9.30 Å². The van der Waals surface area contributed by atoms with E-state index < -0.39 is 0 Å². The van der Waals surface area contributed by atoms with Crippen LogP contribution < -0.4 is 10.3 Å². The summed E-state index contributed by atoms with van der Waals surface area (Å²) in [6.45, 7) is 2.51. The zero-order valence-electron chi connectivity index (χ0n) is 17.4. The molecular weight excluding hydrogens is 378 g/mol. The molecule has 0 fully saturated rings. The van der Waals surface area contributed by atoms with E-state index in [1.54, 1.807) is 28.6 Å². The van der Waals surface area contributed by atoms with Crippen molar-refractivity contribution >= 4 is 11.0 Å². The van der Waals surface area contributed by atoms with Gasteiger partial charge in [-0.2, -0.15) is 0 Å². The zero-order chi connectivity index (χ0) is 21.1. The Morgan fingerprint density at radius 3 is 2.60 bits per heavy atom. The fraction of sp³-hybridized carbons (Fsp3) is 0.304. The van der Waals surface area contributed by atoms with Gasteiger partial charge in [-0.1, -0.05) is 11.3 Å². The molecule has 1 aromatic carbocycles. The molecule has 0 spiro atoms. The predicted molar refractivity (Wildman–Crippen MR) is 116 cm³/mol. The Morgan fingerprint density at radius 2 is 1.83 bits per heavy atom. The highest BCUT2D eigenvalue weighted by atomic mass is 16.5. The van der Waals surface area contributed by atoms with Gasteiger partial charge in [-0.15, -0.1) is 5.10 Å². The molecule has 7 heteroatoms. The summed E-state index contributed by atoms with van der Waals surface area (Å²) in [5.74, 6) is 0.779. The van der Waals surface area contributed by atoms with Crippen molar-refractivity contribution in [3.63, 3.8) is 0 Å². The van der Waals surface area contributed by atoms with Gasteiger partial charge in [-0.05, 0) is 66.6 Å². The number of aryl methyl sites for hydroxylation is 2. The second kappa shape index (κ2) is 8.49. The Labute approximate surface area is 175 Å². The van der Waals surface area contributed by atoms with Gasteiger partial charge in [0.25, 0.3) is 5.56 Å². The SMILES string of the molecule is CCOc1cc(C(Cc2ccn(C)c(=O)c2)Cc2ccc3c(c2)nnn3C)ccn1. The molecular formula is C23H25N5O2. The molecule has 0 saturated carbocycles. The molecule has 0 amide bonds. The second-order valence-corrected chi connectivity index (χ2v) is 7.49. The van der Waals surface area contributed by atoms with Gasteiger partial charge in [0.05, 0.1) is 12.1 Å². The van der Waals surface area contributed by atoms with Gasteiger partial charge in [0.15, 0.2) is 0 Å². The number of nitrogens with zero attached hydrogens (tertiary/aromatic N) is 5. The van der Waals surface area contributed by atoms with Crippen LogP contribution >= 0.6 is 0 Å². The van der Waals surface area contributed by atoms with Crippen molar-refractivity contribution in [1.82, 2.24) is 24.5 Å². The Kier molecular flexibility index (Phi) is 5.61. The molecule has 1 atom stereocenters. The summed E-state index contributed by atoms with van der Waals surface area (Å²) < 4.78 is 8.96. The number of fused-ring (bicyclic) bond motifs is 1. The van der Waals surface area contributed by atoms with Crippen molar-refractivity contribution in [3.8, 4) is 5.88 Å². The standard InChI is InChI=1S/C23H25N5O2/c1-4-30-22-15-18(7-9-24-22)19(12-17-8-10-27(2)23(29)14-17)11-16-5-6-21-20(13-16)25-26-28(21)3/h5-10,13-15,19H,4,11-12H2,1-3H3. The number of ether oxygens (including phenoxy) is 1. The molecule has 30 heavy (non-hydrogen) atoms. The second-order valence-electron chi connectivity index (χ2n) is 7.49. The average Bonchev–Trinajstić information content (AvgIpc) is 3.11. The van der Waals surface area contributed by atoms with Crippen LogP contribution in [0, 0.1) is 0 Å². The first kappa shape index (κ1) is 19.8. The molecule has 3 heterocycles. The molecule has 0 saturated heterocycles. The van der Waals surface area contributed by atoms with E-state index in [4.69, 9.17) is 4.74 Å². The molecule has 3 aromatic heterocycles. The first-order chi connectivity index (χ1) is 14.5.